The minimum Gasteiger partial charge on any atom is -0.478 e. The van der Waals surface area contributed by atoms with Crippen molar-refractivity contribution in [2.24, 2.45) is 7.05 Å². The van der Waals surface area contributed by atoms with Crippen LogP contribution in [0.3, 0.4) is 0 Å². The van der Waals surface area contributed by atoms with E-state index in [9.17, 15) is 45.0 Å². The Labute approximate surface area is 431 Å². The van der Waals surface area contributed by atoms with E-state index in [4.69, 9.17) is 23.2 Å². The van der Waals surface area contributed by atoms with Crippen LogP contribution in [0.1, 0.15) is 35.3 Å². The van der Waals surface area contributed by atoms with Crippen LogP contribution < -0.4 is 19.8 Å². The van der Waals surface area contributed by atoms with Crippen molar-refractivity contribution in [3.63, 3.8) is 0 Å². The van der Waals surface area contributed by atoms with Gasteiger partial charge in [0.15, 0.2) is 0 Å². The van der Waals surface area contributed by atoms with Gasteiger partial charge in [0, 0.05) is 108 Å². The van der Waals surface area contributed by atoms with Crippen LogP contribution in [-0.4, -0.2) is 112 Å². The predicted octanol–water partition coefficient (Wildman–Crippen LogP) is 10.5. The Bertz CT molecular complexity index is 3130. The van der Waals surface area contributed by atoms with Crippen molar-refractivity contribution in [3.05, 3.63) is 137 Å². The average Bonchev–Trinajstić information content (AvgIpc) is 3.62. The van der Waals surface area contributed by atoms with Crippen molar-refractivity contribution in [3.8, 4) is 22.4 Å². The van der Waals surface area contributed by atoms with Gasteiger partial charge in [-0.3, -0.25) is 4.72 Å². The number of aromatic nitrogens is 1. The van der Waals surface area contributed by atoms with Crippen LogP contribution in [0.25, 0.3) is 22.4 Å². The Morgan fingerprint density at radius 2 is 1.43 bits per heavy atom. The molecule has 1 aromatic heterocycles. The fourth-order valence-electron chi connectivity index (χ4n) is 9.12. The number of sulfone groups is 1. The van der Waals surface area contributed by atoms with E-state index < -0.39 is 53.3 Å². The summed E-state index contributed by atoms with van der Waals surface area (Å²) in [7, 11) is -8.82. The molecule has 72 heavy (non-hydrogen) atoms. The summed E-state index contributed by atoms with van der Waals surface area (Å²) in [5, 5.41) is 24.4. The van der Waals surface area contributed by atoms with Crippen molar-refractivity contribution in [1.29, 1.82) is 0 Å². The largest absolute Gasteiger partial charge is 0.501 e. The number of aromatic carboxylic acids is 1. The Kier molecular flexibility index (Phi) is 16.1. The highest BCUT2D eigenvalue weighted by Crippen LogP contribution is 2.42. The smallest absolute Gasteiger partial charge is 0.478 e. The third-order valence-electron chi connectivity index (χ3n) is 13.1. The number of likely N-dealkylation sites (tertiary alicyclic amines) is 1. The summed E-state index contributed by atoms with van der Waals surface area (Å²) in [5.41, 5.74) is -1.03. The van der Waals surface area contributed by atoms with Crippen LogP contribution in [0.2, 0.25) is 10.0 Å². The summed E-state index contributed by atoms with van der Waals surface area (Å²) < 4.78 is 101. The number of alkyl halides is 3. The van der Waals surface area contributed by atoms with Gasteiger partial charge in [0.05, 0.1) is 27.9 Å². The second-order valence-electron chi connectivity index (χ2n) is 17.8. The lowest BCUT2D eigenvalue weighted by molar-refractivity contribution is -0.0436. The molecule has 8 rings (SSSR count). The SMILES string of the molecule is Cc1c(C(=O)O)c(-c2cc(Cl)cc(N3CCN(c4ccc(NS(=O)(=O)c5ccc(N[C@H](CCN6CCC(O)CC6)CSc6ccccc6)c(S(=O)(=O)C(F)(F)F)c5)cc4)CC3)c2)c(-c2ccc(Cl)cc2)n1C. The molecule has 3 heterocycles. The van der Waals surface area contributed by atoms with Crippen molar-refractivity contribution in [2.45, 2.75) is 58.5 Å². The zero-order valence-corrected chi connectivity index (χ0v) is 43.2. The van der Waals surface area contributed by atoms with E-state index in [-0.39, 0.29) is 16.9 Å². The topological polar surface area (TPSA) is 165 Å². The normalized spacial score (nSPS) is 15.7. The molecule has 0 amide bonds. The maximum Gasteiger partial charge on any atom is 0.501 e. The summed E-state index contributed by atoms with van der Waals surface area (Å²) in [6, 6.07) is 30.7. The van der Waals surface area contributed by atoms with Gasteiger partial charge in [-0.15, -0.1) is 11.8 Å². The van der Waals surface area contributed by atoms with Gasteiger partial charge in [-0.2, -0.15) is 13.2 Å². The zero-order chi connectivity index (χ0) is 51.5. The molecule has 0 bridgehead atoms. The first-order valence-electron chi connectivity index (χ1n) is 23.1. The standard InChI is InChI=1S/C51H53Cl2F3N6O7S3/c1-33-47(50(64)65)48(49(59(33)2)34-8-10-36(52)11-9-34)35-28-37(53)30-41(29-35)62-26-24-61(25-27-62)40-14-12-38(13-15-40)58-72(68,69)44-16-17-45(46(31-44)71(66,67)51(54,55)56)57-39(32-70-43-6-4-3-5-7-43)18-21-60-22-19-42(63)20-23-60/h3-17,28-31,39,42,57-58,63H,18-27,32H2,1-2H3,(H,64,65)/t39-/m1/s1. The molecule has 2 aliphatic heterocycles. The molecule has 6 aromatic rings. The van der Waals surface area contributed by atoms with Gasteiger partial charge in [0.25, 0.3) is 19.9 Å². The monoisotopic (exact) mass is 1080 g/mol. The van der Waals surface area contributed by atoms with E-state index in [1.807, 2.05) is 66.2 Å². The Morgan fingerprint density at radius 1 is 0.792 bits per heavy atom. The molecule has 0 saturated carbocycles. The van der Waals surface area contributed by atoms with Crippen LogP contribution in [0.5, 0.6) is 0 Å². The van der Waals surface area contributed by atoms with Gasteiger partial charge in [0.1, 0.15) is 4.90 Å². The maximum atomic E-state index is 14.3. The first-order chi connectivity index (χ1) is 34.2. The zero-order valence-electron chi connectivity index (χ0n) is 39.2. The van der Waals surface area contributed by atoms with Gasteiger partial charge in [-0.1, -0.05) is 53.5 Å². The number of rotatable bonds is 17. The van der Waals surface area contributed by atoms with Crippen LogP contribution in [0.4, 0.5) is 35.9 Å². The molecular weight excluding hydrogens is 1030 g/mol. The summed E-state index contributed by atoms with van der Waals surface area (Å²) in [4.78, 5) is 18.1. The lowest BCUT2D eigenvalue weighted by Crippen LogP contribution is -2.46. The highest BCUT2D eigenvalue weighted by molar-refractivity contribution is 7.99. The number of carboxylic acids is 1. The number of piperazine rings is 1. The van der Waals surface area contributed by atoms with E-state index >= 15 is 0 Å². The lowest BCUT2D eigenvalue weighted by Gasteiger charge is -2.37. The van der Waals surface area contributed by atoms with E-state index in [2.05, 4.69) is 24.7 Å². The highest BCUT2D eigenvalue weighted by atomic mass is 35.5. The number of thioether (sulfide) groups is 1. The number of nitrogens with zero attached hydrogens (tertiary/aromatic N) is 4. The summed E-state index contributed by atoms with van der Waals surface area (Å²) in [6.45, 7) is 5.81. The third kappa shape index (κ3) is 12.0. The van der Waals surface area contributed by atoms with Gasteiger partial charge < -0.3 is 34.8 Å². The average molecular weight is 1090 g/mol. The molecule has 0 radical (unpaired) electrons. The number of carbonyl (C=O) groups is 1. The van der Waals surface area contributed by atoms with Crippen LogP contribution >= 0.6 is 35.0 Å². The van der Waals surface area contributed by atoms with E-state index in [1.54, 1.807) is 37.3 Å². The predicted molar refractivity (Wildman–Crippen MR) is 280 cm³/mol. The van der Waals surface area contributed by atoms with Crippen molar-refractivity contribution in [2.75, 3.05) is 71.4 Å². The maximum absolute atomic E-state index is 14.3. The number of halogens is 5. The summed E-state index contributed by atoms with van der Waals surface area (Å²) in [5.74, 6) is -0.707. The van der Waals surface area contributed by atoms with Crippen molar-refractivity contribution in [1.82, 2.24) is 9.47 Å². The quantitative estimate of drug-likeness (QED) is 0.0640. The molecule has 4 N–H and O–H groups in total. The number of anilines is 4. The van der Waals surface area contributed by atoms with E-state index in [0.717, 1.165) is 34.0 Å². The molecule has 1 atom stereocenters. The fourth-order valence-corrected chi connectivity index (χ4v) is 12.6. The Balaban J connectivity index is 0.970. The molecule has 382 valence electrons. The highest BCUT2D eigenvalue weighted by Gasteiger charge is 2.48. The van der Waals surface area contributed by atoms with E-state index in [0.29, 0.717) is 109 Å². The van der Waals surface area contributed by atoms with Gasteiger partial charge in [-0.05, 0) is 122 Å². The molecule has 2 aliphatic rings. The van der Waals surface area contributed by atoms with Crippen LogP contribution in [-0.2, 0) is 26.9 Å². The minimum absolute atomic E-state index is 0.101. The summed E-state index contributed by atoms with van der Waals surface area (Å²) in [6.07, 6.45) is 1.22. The molecule has 5 aromatic carbocycles. The van der Waals surface area contributed by atoms with Gasteiger partial charge in [0.2, 0.25) is 0 Å². The molecule has 0 unspecified atom stereocenters. The number of hydrogen-bond donors (Lipinski definition) is 4. The minimum atomic E-state index is -6.03. The number of carboxylic acid groups (broad SMARTS) is 1. The van der Waals surface area contributed by atoms with Gasteiger partial charge in [-0.25, -0.2) is 21.6 Å². The number of piperidine rings is 1. The fraction of sp³-hybridized carbons (Fsp3) is 0.314. The Hall–Kier alpha value is -5.41. The third-order valence-corrected chi connectivity index (χ3v) is 17.6. The number of sulfonamides is 1. The first kappa shape index (κ1) is 52.9. The first-order valence-corrected chi connectivity index (χ1v) is 27.8. The van der Waals surface area contributed by atoms with E-state index in [1.165, 1.54) is 23.9 Å². The van der Waals surface area contributed by atoms with Crippen molar-refractivity contribution < 1.29 is 45.0 Å². The molecule has 0 spiro atoms. The molecule has 0 aliphatic carbocycles. The second-order valence-corrected chi connectivity index (χ2v) is 23.4. The molecule has 13 nitrogen and oxygen atoms in total. The van der Waals surface area contributed by atoms with Crippen molar-refractivity contribution >= 4 is 83.5 Å². The Morgan fingerprint density at radius 3 is 2.06 bits per heavy atom. The number of benzene rings is 5. The van der Waals surface area contributed by atoms with Gasteiger partial charge >= 0.3 is 11.5 Å². The number of nitrogens with one attached hydrogen (secondary N) is 2. The molecule has 2 saturated heterocycles. The molecule has 2 fully saturated rings. The van der Waals surface area contributed by atoms with Crippen LogP contribution in [0.15, 0.2) is 130 Å². The second kappa shape index (κ2) is 22.0. The lowest BCUT2D eigenvalue weighted by atomic mass is 9.96. The number of hydrogen-bond acceptors (Lipinski definition) is 11. The van der Waals surface area contributed by atoms with Crippen LogP contribution in [0, 0.1) is 6.92 Å². The number of aliphatic hydroxyl groups excluding tert-OH is 1. The summed E-state index contributed by atoms with van der Waals surface area (Å²) >= 11 is 14.4. The molecule has 21 heteroatoms. The number of aliphatic hydroxyl groups is 1. The molecular formula is C51H53Cl2F3N6O7S3.